The molecule has 2 N–H and O–H groups in total. The molecule has 7 heteroatoms. The zero-order valence-corrected chi connectivity index (χ0v) is 12.7. The summed E-state index contributed by atoms with van der Waals surface area (Å²) in [4.78, 5) is 5.34. The van der Waals surface area contributed by atoms with Crippen LogP contribution < -0.4 is 10.6 Å². The molecule has 0 heterocycles. The van der Waals surface area contributed by atoms with Crippen molar-refractivity contribution in [2.75, 3.05) is 40.3 Å². The van der Waals surface area contributed by atoms with Gasteiger partial charge in [-0.2, -0.15) is 13.2 Å². The van der Waals surface area contributed by atoms with Gasteiger partial charge in [0.25, 0.3) is 0 Å². The average molecular weight is 296 g/mol. The summed E-state index contributed by atoms with van der Waals surface area (Å²) >= 11 is 0. The highest BCUT2D eigenvalue weighted by Crippen LogP contribution is 2.15. The maximum Gasteiger partial charge on any atom is 0.401 e. The minimum atomic E-state index is -4.13. The second-order valence-electron chi connectivity index (χ2n) is 4.84. The number of guanidine groups is 1. The van der Waals surface area contributed by atoms with Gasteiger partial charge >= 0.3 is 6.18 Å². The Labute approximate surface area is 119 Å². The van der Waals surface area contributed by atoms with Gasteiger partial charge in [-0.25, -0.2) is 0 Å². The van der Waals surface area contributed by atoms with Crippen LogP contribution in [0.15, 0.2) is 4.99 Å². The van der Waals surface area contributed by atoms with Crippen LogP contribution in [-0.2, 0) is 0 Å². The summed E-state index contributed by atoms with van der Waals surface area (Å²) < 4.78 is 36.3. The second kappa shape index (κ2) is 10.8. The van der Waals surface area contributed by atoms with E-state index in [1.54, 1.807) is 7.05 Å². The van der Waals surface area contributed by atoms with Gasteiger partial charge in [-0.05, 0) is 26.4 Å². The number of nitrogens with one attached hydrogen (secondary N) is 2. The third kappa shape index (κ3) is 12.1. The molecule has 0 unspecified atom stereocenters. The van der Waals surface area contributed by atoms with Gasteiger partial charge in [-0.1, -0.05) is 19.8 Å². The standard InChI is InChI=1S/C13H27F3N4/c1-4-5-6-8-18-12(17-2)19-9-7-10-20(3)11-13(14,15)16/h4-11H2,1-3H3,(H2,17,18,19). The molecule has 120 valence electrons. The molecule has 20 heavy (non-hydrogen) atoms. The highest BCUT2D eigenvalue weighted by atomic mass is 19.4. The number of halogens is 3. The van der Waals surface area contributed by atoms with Crippen molar-refractivity contribution < 1.29 is 13.2 Å². The third-order valence-corrected chi connectivity index (χ3v) is 2.75. The van der Waals surface area contributed by atoms with Crippen LogP contribution in [-0.4, -0.2) is 57.3 Å². The molecule has 0 bridgehead atoms. The number of rotatable bonds is 9. The molecule has 0 aliphatic heterocycles. The zero-order chi connectivity index (χ0) is 15.4. The van der Waals surface area contributed by atoms with Crippen molar-refractivity contribution in [1.82, 2.24) is 15.5 Å². The van der Waals surface area contributed by atoms with Gasteiger partial charge in [0.15, 0.2) is 5.96 Å². The van der Waals surface area contributed by atoms with E-state index >= 15 is 0 Å². The molecule has 0 saturated heterocycles. The maximum atomic E-state index is 12.1. The van der Waals surface area contributed by atoms with Gasteiger partial charge in [0.2, 0.25) is 0 Å². The molecule has 0 aliphatic rings. The maximum absolute atomic E-state index is 12.1. The molecule has 0 fully saturated rings. The summed E-state index contributed by atoms with van der Waals surface area (Å²) in [5.74, 6) is 0.708. The van der Waals surface area contributed by atoms with Gasteiger partial charge in [0.05, 0.1) is 6.54 Å². The lowest BCUT2D eigenvalue weighted by molar-refractivity contribution is -0.143. The highest BCUT2D eigenvalue weighted by molar-refractivity contribution is 5.79. The zero-order valence-electron chi connectivity index (χ0n) is 12.7. The molecular formula is C13H27F3N4. The van der Waals surface area contributed by atoms with E-state index in [2.05, 4.69) is 22.5 Å². The summed E-state index contributed by atoms with van der Waals surface area (Å²) in [6.45, 7) is 3.15. The Morgan fingerprint density at radius 1 is 1.10 bits per heavy atom. The monoisotopic (exact) mass is 296 g/mol. The third-order valence-electron chi connectivity index (χ3n) is 2.75. The Kier molecular flexibility index (Phi) is 10.2. The number of nitrogens with zero attached hydrogens (tertiary/aromatic N) is 2. The smallest absolute Gasteiger partial charge is 0.356 e. The molecule has 0 spiro atoms. The fourth-order valence-electron chi connectivity index (χ4n) is 1.74. The molecule has 0 aromatic carbocycles. The van der Waals surface area contributed by atoms with E-state index in [-0.39, 0.29) is 0 Å². The molecule has 0 atom stereocenters. The predicted molar refractivity (Wildman–Crippen MR) is 77.1 cm³/mol. The first-order valence-corrected chi connectivity index (χ1v) is 7.09. The minimum absolute atomic E-state index is 0.402. The Bertz CT molecular complexity index is 267. The van der Waals surface area contributed by atoms with Crippen LogP contribution in [0.2, 0.25) is 0 Å². The molecule has 0 aliphatic carbocycles. The van der Waals surface area contributed by atoms with Crippen molar-refractivity contribution in [2.24, 2.45) is 4.99 Å². The van der Waals surface area contributed by atoms with Crippen LogP contribution >= 0.6 is 0 Å². The molecule has 0 amide bonds. The van der Waals surface area contributed by atoms with Crippen LogP contribution in [0.3, 0.4) is 0 Å². The van der Waals surface area contributed by atoms with E-state index in [9.17, 15) is 13.2 Å². The Morgan fingerprint density at radius 2 is 1.70 bits per heavy atom. The predicted octanol–water partition coefficient (Wildman–Crippen LogP) is 2.23. The number of alkyl halides is 3. The van der Waals surface area contributed by atoms with Crippen molar-refractivity contribution >= 4 is 5.96 Å². The first-order chi connectivity index (χ1) is 9.39. The molecule has 4 nitrogen and oxygen atoms in total. The Balaban J connectivity index is 3.65. The molecule has 0 aromatic rings. The fourth-order valence-corrected chi connectivity index (χ4v) is 1.74. The molecule has 0 saturated carbocycles. The lowest BCUT2D eigenvalue weighted by Gasteiger charge is -2.18. The SMILES string of the molecule is CCCCCNC(=NC)NCCCN(C)CC(F)(F)F. The van der Waals surface area contributed by atoms with Gasteiger partial charge in [0.1, 0.15) is 0 Å². The molecule has 0 radical (unpaired) electrons. The number of unbranched alkanes of at least 4 members (excludes halogenated alkanes) is 2. The minimum Gasteiger partial charge on any atom is -0.356 e. The van der Waals surface area contributed by atoms with Crippen LogP contribution in [0.25, 0.3) is 0 Å². The van der Waals surface area contributed by atoms with Crippen molar-refractivity contribution in [3.8, 4) is 0 Å². The van der Waals surface area contributed by atoms with Gasteiger partial charge < -0.3 is 10.6 Å². The van der Waals surface area contributed by atoms with E-state index < -0.39 is 12.7 Å². The quantitative estimate of drug-likeness (QED) is 0.389. The topological polar surface area (TPSA) is 39.7 Å². The van der Waals surface area contributed by atoms with Crippen LogP contribution in [0, 0.1) is 0 Å². The van der Waals surface area contributed by atoms with E-state index in [0.717, 1.165) is 13.0 Å². The summed E-state index contributed by atoms with van der Waals surface area (Å²) in [6.07, 6.45) is -0.0573. The van der Waals surface area contributed by atoms with E-state index in [4.69, 9.17) is 0 Å². The van der Waals surface area contributed by atoms with Gasteiger partial charge in [-0.3, -0.25) is 9.89 Å². The highest BCUT2D eigenvalue weighted by Gasteiger charge is 2.28. The van der Waals surface area contributed by atoms with Gasteiger partial charge in [-0.15, -0.1) is 0 Å². The van der Waals surface area contributed by atoms with Crippen molar-refractivity contribution in [1.29, 1.82) is 0 Å². The van der Waals surface area contributed by atoms with E-state index in [1.165, 1.54) is 24.8 Å². The molecular weight excluding hydrogens is 269 g/mol. The Morgan fingerprint density at radius 3 is 2.20 bits per heavy atom. The summed E-state index contributed by atoms with van der Waals surface area (Å²) in [7, 11) is 3.16. The van der Waals surface area contributed by atoms with Crippen LogP contribution in [0.4, 0.5) is 13.2 Å². The van der Waals surface area contributed by atoms with Crippen LogP contribution in [0.1, 0.15) is 32.6 Å². The van der Waals surface area contributed by atoms with Crippen molar-refractivity contribution in [3.63, 3.8) is 0 Å². The first kappa shape index (κ1) is 19.0. The lowest BCUT2D eigenvalue weighted by atomic mass is 10.2. The second-order valence-corrected chi connectivity index (χ2v) is 4.84. The van der Waals surface area contributed by atoms with Crippen molar-refractivity contribution in [2.45, 2.75) is 38.8 Å². The average Bonchev–Trinajstić information content (AvgIpc) is 2.34. The number of aliphatic imine (C=N–C) groups is 1. The lowest BCUT2D eigenvalue weighted by Crippen LogP contribution is -2.39. The number of hydrogen-bond donors (Lipinski definition) is 2. The fraction of sp³-hybridized carbons (Fsp3) is 0.923. The summed E-state index contributed by atoms with van der Waals surface area (Å²) in [6, 6.07) is 0. The number of hydrogen-bond acceptors (Lipinski definition) is 2. The van der Waals surface area contributed by atoms with E-state index in [1.807, 2.05) is 0 Å². The first-order valence-electron chi connectivity index (χ1n) is 7.09. The van der Waals surface area contributed by atoms with Gasteiger partial charge in [0, 0.05) is 20.1 Å². The van der Waals surface area contributed by atoms with E-state index in [0.29, 0.717) is 25.5 Å². The normalized spacial score (nSPS) is 12.8. The summed E-state index contributed by atoms with van der Waals surface area (Å²) in [5, 5.41) is 6.27. The Hall–Kier alpha value is -0.980. The van der Waals surface area contributed by atoms with Crippen molar-refractivity contribution in [3.05, 3.63) is 0 Å². The largest absolute Gasteiger partial charge is 0.401 e. The van der Waals surface area contributed by atoms with Crippen LogP contribution in [0.5, 0.6) is 0 Å². The molecule has 0 aromatic heterocycles. The molecule has 0 rings (SSSR count). The summed E-state index contributed by atoms with van der Waals surface area (Å²) in [5.41, 5.74) is 0.